The first-order valence-corrected chi connectivity index (χ1v) is 10.6. The summed E-state index contributed by atoms with van der Waals surface area (Å²) in [5.41, 5.74) is -0.865. The summed E-state index contributed by atoms with van der Waals surface area (Å²) in [6.07, 6.45) is 2.27. The Bertz CT molecular complexity index is 720. The number of methoxy groups -OCH3 is 1. The molecule has 5 aliphatic rings. The molecule has 0 spiro atoms. The first-order valence-electron chi connectivity index (χ1n) is 10.6. The van der Waals surface area contributed by atoms with Crippen molar-refractivity contribution < 1.29 is 28.8 Å². The van der Waals surface area contributed by atoms with E-state index in [1.165, 1.54) is 0 Å². The van der Waals surface area contributed by atoms with Crippen LogP contribution in [0.25, 0.3) is 0 Å². The average Bonchev–Trinajstić information content (AvgIpc) is 3.12. The molecule has 0 bridgehead atoms. The molecule has 1 unspecified atom stereocenters. The third-order valence-corrected chi connectivity index (χ3v) is 9.13. The maximum atomic E-state index is 13.7. The van der Waals surface area contributed by atoms with E-state index in [4.69, 9.17) is 18.9 Å². The van der Waals surface area contributed by atoms with E-state index in [1.807, 2.05) is 6.08 Å². The second kappa shape index (κ2) is 6.03. The van der Waals surface area contributed by atoms with Crippen molar-refractivity contribution in [2.45, 2.75) is 65.1 Å². The summed E-state index contributed by atoms with van der Waals surface area (Å²) in [5.74, 6) is 1.26. The minimum atomic E-state index is -0.755. The highest BCUT2D eigenvalue weighted by Gasteiger charge is 2.73. The molecule has 0 radical (unpaired) electrons. The molecule has 2 saturated heterocycles. The van der Waals surface area contributed by atoms with Gasteiger partial charge in [0.15, 0.2) is 12.0 Å². The van der Waals surface area contributed by atoms with Crippen molar-refractivity contribution in [3.63, 3.8) is 0 Å². The molecule has 2 saturated carbocycles. The van der Waals surface area contributed by atoms with E-state index in [1.54, 1.807) is 7.11 Å². The van der Waals surface area contributed by atoms with Gasteiger partial charge in [-0.05, 0) is 36.2 Å². The Hall–Kier alpha value is -0.950. The molecule has 0 aromatic carbocycles. The summed E-state index contributed by atoms with van der Waals surface area (Å²) in [5, 5.41) is 10.5. The van der Waals surface area contributed by atoms with Crippen molar-refractivity contribution in [3.8, 4) is 0 Å². The van der Waals surface area contributed by atoms with Gasteiger partial charge in [-0.15, -0.1) is 0 Å². The summed E-state index contributed by atoms with van der Waals surface area (Å²) in [4.78, 5) is 13.7. The summed E-state index contributed by atoms with van der Waals surface area (Å²) < 4.78 is 23.9. The molecule has 28 heavy (non-hydrogen) atoms. The third-order valence-electron chi connectivity index (χ3n) is 9.13. The molecule has 3 aliphatic carbocycles. The van der Waals surface area contributed by atoms with Crippen LogP contribution in [0.15, 0.2) is 11.8 Å². The number of ketones is 1. The first-order chi connectivity index (χ1) is 13.2. The number of aliphatic hydroxyl groups excluding tert-OH is 1. The lowest BCUT2D eigenvalue weighted by molar-refractivity contribution is -0.314. The van der Waals surface area contributed by atoms with Gasteiger partial charge in [0.25, 0.3) is 0 Å². The van der Waals surface area contributed by atoms with Gasteiger partial charge < -0.3 is 24.1 Å². The van der Waals surface area contributed by atoms with Gasteiger partial charge in [0.2, 0.25) is 5.78 Å². The van der Waals surface area contributed by atoms with Crippen LogP contribution in [0.4, 0.5) is 0 Å². The highest BCUT2D eigenvalue weighted by Crippen LogP contribution is 2.69. The van der Waals surface area contributed by atoms with Gasteiger partial charge in [-0.25, -0.2) is 0 Å². The smallest absolute Gasteiger partial charge is 0.203 e. The molecule has 0 amide bonds. The molecule has 0 aromatic rings. The molecule has 4 fully saturated rings. The first kappa shape index (κ1) is 19.0. The van der Waals surface area contributed by atoms with Gasteiger partial charge in [-0.2, -0.15) is 0 Å². The molecule has 2 aliphatic heterocycles. The lowest BCUT2D eigenvalue weighted by atomic mass is 9.38. The minimum Gasteiger partial charge on any atom is -0.493 e. The number of carbonyl (C=O) groups excluding carboxylic acids is 1. The van der Waals surface area contributed by atoms with Crippen LogP contribution >= 0.6 is 0 Å². The van der Waals surface area contributed by atoms with Gasteiger partial charge in [0.05, 0.1) is 25.4 Å². The van der Waals surface area contributed by atoms with Crippen LogP contribution in [-0.2, 0) is 23.7 Å². The summed E-state index contributed by atoms with van der Waals surface area (Å²) in [7, 11) is 1.58. The molecule has 6 heteroatoms. The lowest BCUT2D eigenvalue weighted by Crippen LogP contribution is -2.73. The van der Waals surface area contributed by atoms with Gasteiger partial charge in [0, 0.05) is 23.2 Å². The van der Waals surface area contributed by atoms with Crippen LogP contribution in [-0.4, -0.2) is 49.4 Å². The van der Waals surface area contributed by atoms with E-state index >= 15 is 0 Å². The standard InChI is InChI=1S/C22H32O6/c1-10-6-14(25-5)20(24)22(4)12(10)7-15-21(3)13(8-16(23)28-15)11(2)17-18(19(21)22)27-9-26-17/h6,10-13,15-19,23H,7-9H2,1-5H3/t10-,11-,12+,13+,15-,16?,17-,18+,19+,21-,22+/m1/s1. The molecule has 156 valence electrons. The Balaban J connectivity index is 1.71. The molecule has 2 heterocycles. The van der Waals surface area contributed by atoms with Crippen LogP contribution < -0.4 is 0 Å². The van der Waals surface area contributed by atoms with Gasteiger partial charge >= 0.3 is 0 Å². The largest absolute Gasteiger partial charge is 0.493 e. The van der Waals surface area contributed by atoms with Crippen molar-refractivity contribution in [2.75, 3.05) is 13.9 Å². The highest BCUT2D eigenvalue weighted by molar-refractivity contribution is 5.99. The number of hydrogen-bond acceptors (Lipinski definition) is 6. The van der Waals surface area contributed by atoms with E-state index in [0.29, 0.717) is 12.2 Å². The fourth-order valence-electron chi connectivity index (χ4n) is 7.95. The van der Waals surface area contributed by atoms with E-state index in [9.17, 15) is 9.90 Å². The van der Waals surface area contributed by atoms with Crippen molar-refractivity contribution >= 4 is 5.78 Å². The van der Waals surface area contributed by atoms with Crippen LogP contribution in [0.3, 0.4) is 0 Å². The van der Waals surface area contributed by atoms with Crippen LogP contribution in [0.2, 0.25) is 0 Å². The van der Waals surface area contributed by atoms with Gasteiger partial charge in [-0.1, -0.05) is 27.7 Å². The van der Waals surface area contributed by atoms with E-state index in [0.717, 1.165) is 6.42 Å². The lowest BCUT2D eigenvalue weighted by Gasteiger charge is -2.69. The molecular weight excluding hydrogens is 360 g/mol. The Morgan fingerprint density at radius 2 is 1.86 bits per heavy atom. The molecular formula is C22H32O6. The van der Waals surface area contributed by atoms with Crippen LogP contribution in [0.1, 0.15) is 40.5 Å². The van der Waals surface area contributed by atoms with Gasteiger partial charge in [-0.3, -0.25) is 4.79 Å². The van der Waals surface area contributed by atoms with Crippen molar-refractivity contribution in [3.05, 3.63) is 11.8 Å². The number of allylic oxidation sites excluding steroid dienone is 2. The molecule has 11 atom stereocenters. The molecule has 1 N–H and O–H groups in total. The Labute approximate surface area is 166 Å². The quantitative estimate of drug-likeness (QED) is 0.739. The second-order valence-corrected chi connectivity index (χ2v) is 10.1. The maximum absolute atomic E-state index is 13.7. The number of carbonyl (C=O) groups is 1. The summed E-state index contributed by atoms with van der Waals surface area (Å²) in [6.45, 7) is 9.00. The number of fused-ring (bicyclic) bond motifs is 4. The number of aliphatic hydroxyl groups is 1. The highest BCUT2D eigenvalue weighted by atomic mass is 16.7. The van der Waals surface area contributed by atoms with E-state index in [-0.39, 0.29) is 65.9 Å². The van der Waals surface area contributed by atoms with Crippen molar-refractivity contribution in [1.82, 2.24) is 0 Å². The Morgan fingerprint density at radius 1 is 1.14 bits per heavy atom. The Kier molecular flexibility index (Phi) is 4.10. The number of Topliss-reactive ketones (excluding diaryl/α,β-unsaturated/α-hetero) is 1. The zero-order chi connectivity index (χ0) is 20.0. The Morgan fingerprint density at radius 3 is 2.57 bits per heavy atom. The molecule has 6 nitrogen and oxygen atoms in total. The minimum absolute atomic E-state index is 0.0428. The predicted molar refractivity (Wildman–Crippen MR) is 99.8 cm³/mol. The number of ether oxygens (including phenoxy) is 4. The second-order valence-electron chi connectivity index (χ2n) is 10.1. The zero-order valence-electron chi connectivity index (χ0n) is 17.4. The molecule has 5 rings (SSSR count). The summed E-state index contributed by atoms with van der Waals surface area (Å²) in [6, 6.07) is 0. The monoisotopic (exact) mass is 392 g/mol. The average molecular weight is 392 g/mol. The van der Waals surface area contributed by atoms with Gasteiger partial charge in [0.1, 0.15) is 6.79 Å². The zero-order valence-corrected chi connectivity index (χ0v) is 17.4. The van der Waals surface area contributed by atoms with E-state index in [2.05, 4.69) is 27.7 Å². The predicted octanol–water partition coefficient (Wildman–Crippen LogP) is 2.50. The fourth-order valence-corrected chi connectivity index (χ4v) is 7.95. The van der Waals surface area contributed by atoms with E-state index < -0.39 is 11.7 Å². The topological polar surface area (TPSA) is 74.2 Å². The molecule has 0 aromatic heterocycles. The fraction of sp³-hybridized carbons (Fsp3) is 0.864. The number of hydrogen-bond donors (Lipinski definition) is 1. The normalized spacial score (nSPS) is 57.7. The van der Waals surface area contributed by atoms with Crippen molar-refractivity contribution in [1.29, 1.82) is 0 Å². The SMILES string of the molecule is COC1=C[C@@H](C)[C@@H]2C[C@H]3OC(O)C[C@H]4[C@@H](C)[C@H]5OCO[C@@H]5[C@H]([C@@]2(C)C1=O)[C@@]34C. The van der Waals surface area contributed by atoms with Crippen molar-refractivity contribution in [2.24, 2.45) is 40.4 Å². The third kappa shape index (κ3) is 2.10. The van der Waals surface area contributed by atoms with Crippen LogP contribution in [0.5, 0.6) is 0 Å². The number of rotatable bonds is 1. The maximum Gasteiger partial charge on any atom is 0.203 e. The van der Waals surface area contributed by atoms with Crippen LogP contribution in [0, 0.1) is 40.4 Å². The summed E-state index contributed by atoms with van der Waals surface area (Å²) >= 11 is 0.